The van der Waals surface area contributed by atoms with Gasteiger partial charge in [-0.05, 0) is 25.9 Å². The largest absolute Gasteiger partial charge is 0.379 e. The van der Waals surface area contributed by atoms with Crippen LogP contribution in [0, 0.1) is 12.3 Å². The van der Waals surface area contributed by atoms with Crippen LogP contribution in [0.5, 0.6) is 0 Å². The SMILES string of the molecule is C#CCCCN1CCC(N2CCOCC2)C1. The maximum atomic E-state index is 5.39. The first-order chi connectivity index (χ1) is 7.90. The third-order valence-electron chi connectivity index (χ3n) is 3.61. The Bertz CT molecular complexity index is 243. The highest BCUT2D eigenvalue weighted by molar-refractivity contribution is 4.87. The van der Waals surface area contributed by atoms with Crippen LogP contribution in [0.4, 0.5) is 0 Å². The summed E-state index contributed by atoms with van der Waals surface area (Å²) in [4.78, 5) is 5.14. The molecule has 2 aliphatic rings. The lowest BCUT2D eigenvalue weighted by Crippen LogP contribution is -2.44. The number of unbranched alkanes of at least 4 members (excludes halogenated alkanes) is 1. The molecular formula is C13H22N2O. The van der Waals surface area contributed by atoms with Crippen LogP contribution in [-0.2, 0) is 4.74 Å². The smallest absolute Gasteiger partial charge is 0.0594 e. The topological polar surface area (TPSA) is 15.7 Å². The number of nitrogens with zero attached hydrogens (tertiary/aromatic N) is 2. The van der Waals surface area contributed by atoms with E-state index in [1.165, 1.54) is 26.1 Å². The molecule has 0 amide bonds. The molecule has 1 unspecified atom stereocenters. The number of likely N-dealkylation sites (tertiary alicyclic amines) is 1. The van der Waals surface area contributed by atoms with Gasteiger partial charge < -0.3 is 9.64 Å². The van der Waals surface area contributed by atoms with E-state index < -0.39 is 0 Å². The summed E-state index contributed by atoms with van der Waals surface area (Å²) in [6.07, 6.45) is 8.64. The summed E-state index contributed by atoms with van der Waals surface area (Å²) in [5.74, 6) is 2.71. The molecular weight excluding hydrogens is 200 g/mol. The van der Waals surface area contributed by atoms with Gasteiger partial charge >= 0.3 is 0 Å². The Morgan fingerprint density at radius 3 is 2.81 bits per heavy atom. The van der Waals surface area contributed by atoms with Gasteiger partial charge in [-0.3, -0.25) is 4.90 Å². The van der Waals surface area contributed by atoms with Crippen LogP contribution in [0.15, 0.2) is 0 Å². The molecule has 2 fully saturated rings. The van der Waals surface area contributed by atoms with Gasteiger partial charge in [0.05, 0.1) is 13.2 Å². The van der Waals surface area contributed by atoms with Crippen molar-refractivity contribution in [3.63, 3.8) is 0 Å². The standard InChI is InChI=1S/C13H22N2O/c1-2-3-4-6-14-7-5-13(12-14)15-8-10-16-11-9-15/h1,13H,3-12H2. The molecule has 0 spiro atoms. The molecule has 16 heavy (non-hydrogen) atoms. The number of rotatable bonds is 4. The molecule has 0 saturated carbocycles. The number of ether oxygens (including phenoxy) is 1. The molecule has 0 aromatic heterocycles. The van der Waals surface area contributed by atoms with Crippen LogP contribution in [0.1, 0.15) is 19.3 Å². The van der Waals surface area contributed by atoms with Crippen molar-refractivity contribution in [2.75, 3.05) is 45.9 Å². The van der Waals surface area contributed by atoms with Crippen molar-refractivity contribution in [3.05, 3.63) is 0 Å². The van der Waals surface area contributed by atoms with Crippen molar-refractivity contribution in [1.29, 1.82) is 0 Å². The monoisotopic (exact) mass is 222 g/mol. The minimum absolute atomic E-state index is 0.759. The molecule has 3 nitrogen and oxygen atoms in total. The minimum Gasteiger partial charge on any atom is -0.379 e. The number of morpholine rings is 1. The molecule has 0 N–H and O–H groups in total. The van der Waals surface area contributed by atoms with Gasteiger partial charge in [-0.2, -0.15) is 0 Å². The van der Waals surface area contributed by atoms with Gasteiger partial charge in [-0.15, -0.1) is 12.3 Å². The average Bonchev–Trinajstić information content (AvgIpc) is 2.79. The first-order valence-corrected chi connectivity index (χ1v) is 6.38. The van der Waals surface area contributed by atoms with E-state index in [9.17, 15) is 0 Å². The second kappa shape index (κ2) is 6.24. The predicted molar refractivity (Wildman–Crippen MR) is 65.3 cm³/mol. The van der Waals surface area contributed by atoms with Crippen molar-refractivity contribution in [2.24, 2.45) is 0 Å². The highest BCUT2D eigenvalue weighted by Crippen LogP contribution is 2.17. The molecule has 3 heteroatoms. The fourth-order valence-electron chi connectivity index (χ4n) is 2.66. The predicted octanol–water partition coefficient (Wildman–Crippen LogP) is 0.806. The normalized spacial score (nSPS) is 28.1. The van der Waals surface area contributed by atoms with Gasteiger partial charge in [0, 0.05) is 32.1 Å². The first-order valence-electron chi connectivity index (χ1n) is 6.38. The van der Waals surface area contributed by atoms with Crippen LogP contribution in [0.2, 0.25) is 0 Å². The second-order valence-corrected chi connectivity index (χ2v) is 4.70. The summed E-state index contributed by atoms with van der Waals surface area (Å²) < 4.78 is 5.39. The van der Waals surface area contributed by atoms with Crippen molar-refractivity contribution in [1.82, 2.24) is 9.80 Å². The molecule has 0 radical (unpaired) electrons. The number of hydrogen-bond donors (Lipinski definition) is 0. The van der Waals surface area contributed by atoms with E-state index in [1.807, 2.05) is 0 Å². The molecule has 90 valence electrons. The van der Waals surface area contributed by atoms with Crippen LogP contribution in [0.3, 0.4) is 0 Å². The maximum Gasteiger partial charge on any atom is 0.0594 e. The zero-order valence-electron chi connectivity index (χ0n) is 10.0. The fourth-order valence-corrected chi connectivity index (χ4v) is 2.66. The summed E-state index contributed by atoms with van der Waals surface area (Å²) in [6.45, 7) is 7.69. The van der Waals surface area contributed by atoms with Crippen molar-refractivity contribution >= 4 is 0 Å². The zero-order chi connectivity index (χ0) is 11.2. The van der Waals surface area contributed by atoms with Crippen LogP contribution in [-0.4, -0.2) is 61.8 Å². The summed E-state index contributed by atoms with van der Waals surface area (Å²) in [5.41, 5.74) is 0. The Hall–Kier alpha value is -0.560. The quantitative estimate of drug-likeness (QED) is 0.517. The highest BCUT2D eigenvalue weighted by Gasteiger charge is 2.27. The molecule has 1 atom stereocenters. The Kier molecular flexibility index (Phi) is 4.65. The van der Waals surface area contributed by atoms with E-state index in [1.54, 1.807) is 0 Å². The second-order valence-electron chi connectivity index (χ2n) is 4.70. The van der Waals surface area contributed by atoms with Crippen molar-refractivity contribution < 1.29 is 4.74 Å². The Morgan fingerprint density at radius 2 is 2.06 bits per heavy atom. The van der Waals surface area contributed by atoms with Crippen LogP contribution < -0.4 is 0 Å². The number of terminal acetylenes is 1. The van der Waals surface area contributed by atoms with Gasteiger partial charge in [0.2, 0.25) is 0 Å². The van der Waals surface area contributed by atoms with Gasteiger partial charge in [-0.25, -0.2) is 0 Å². The minimum atomic E-state index is 0.759. The Balaban J connectivity index is 1.68. The molecule has 2 saturated heterocycles. The lowest BCUT2D eigenvalue weighted by Gasteiger charge is -2.32. The molecule has 0 aromatic rings. The lowest BCUT2D eigenvalue weighted by atomic mass is 10.2. The zero-order valence-corrected chi connectivity index (χ0v) is 10.0. The summed E-state index contributed by atoms with van der Waals surface area (Å²) in [5, 5.41) is 0. The van der Waals surface area contributed by atoms with Crippen molar-refractivity contribution in [2.45, 2.75) is 25.3 Å². The lowest BCUT2D eigenvalue weighted by molar-refractivity contribution is 0.0185. The average molecular weight is 222 g/mol. The Labute approximate surface area is 98.7 Å². The van der Waals surface area contributed by atoms with E-state index in [2.05, 4.69) is 15.7 Å². The van der Waals surface area contributed by atoms with Gasteiger partial charge in [0.15, 0.2) is 0 Å². The maximum absolute atomic E-state index is 5.39. The molecule has 2 aliphatic heterocycles. The van der Waals surface area contributed by atoms with E-state index in [0.717, 1.165) is 45.2 Å². The Morgan fingerprint density at radius 1 is 1.25 bits per heavy atom. The third-order valence-corrected chi connectivity index (χ3v) is 3.61. The molecule has 0 bridgehead atoms. The van der Waals surface area contributed by atoms with E-state index in [0.29, 0.717) is 0 Å². The summed E-state index contributed by atoms with van der Waals surface area (Å²) in [6, 6.07) is 0.759. The van der Waals surface area contributed by atoms with Gasteiger partial charge in [0.1, 0.15) is 0 Å². The summed E-state index contributed by atoms with van der Waals surface area (Å²) >= 11 is 0. The third kappa shape index (κ3) is 3.21. The van der Waals surface area contributed by atoms with Gasteiger partial charge in [0.25, 0.3) is 0 Å². The van der Waals surface area contributed by atoms with Crippen LogP contribution in [0.25, 0.3) is 0 Å². The molecule has 0 aromatic carbocycles. The van der Waals surface area contributed by atoms with E-state index in [4.69, 9.17) is 11.2 Å². The molecule has 0 aliphatic carbocycles. The van der Waals surface area contributed by atoms with Crippen molar-refractivity contribution in [3.8, 4) is 12.3 Å². The first kappa shape index (κ1) is 11.9. The van der Waals surface area contributed by atoms with E-state index in [-0.39, 0.29) is 0 Å². The van der Waals surface area contributed by atoms with Crippen LogP contribution >= 0.6 is 0 Å². The number of hydrogen-bond acceptors (Lipinski definition) is 3. The molecule has 2 heterocycles. The fraction of sp³-hybridized carbons (Fsp3) is 0.846. The highest BCUT2D eigenvalue weighted by atomic mass is 16.5. The van der Waals surface area contributed by atoms with Gasteiger partial charge in [-0.1, -0.05) is 0 Å². The summed E-state index contributed by atoms with van der Waals surface area (Å²) in [7, 11) is 0. The molecule has 2 rings (SSSR count). The van der Waals surface area contributed by atoms with E-state index >= 15 is 0 Å².